The number of nitrogens with one attached hydrogen (secondary N) is 1. The van der Waals surface area contributed by atoms with Gasteiger partial charge in [-0.25, -0.2) is 4.98 Å². The van der Waals surface area contributed by atoms with Gasteiger partial charge in [-0.05, 0) is 36.8 Å². The van der Waals surface area contributed by atoms with Crippen LogP contribution in [0.15, 0.2) is 34.2 Å². The van der Waals surface area contributed by atoms with Gasteiger partial charge in [-0.15, -0.1) is 11.3 Å². The van der Waals surface area contributed by atoms with Crippen molar-refractivity contribution < 1.29 is 4.92 Å². The van der Waals surface area contributed by atoms with Gasteiger partial charge in [0.05, 0.1) is 10.3 Å². The van der Waals surface area contributed by atoms with Gasteiger partial charge in [-0.2, -0.15) is 0 Å². The van der Waals surface area contributed by atoms with Crippen LogP contribution in [-0.4, -0.2) is 14.9 Å². The van der Waals surface area contributed by atoms with Crippen LogP contribution in [0.2, 0.25) is 0 Å². The molecule has 0 unspecified atom stereocenters. The van der Waals surface area contributed by atoms with Crippen molar-refractivity contribution in [2.45, 2.75) is 36.6 Å². The Bertz CT molecular complexity index is 1010. The Balaban J connectivity index is 1.57. The third-order valence-corrected chi connectivity index (χ3v) is 6.46. The molecule has 1 aliphatic carbocycles. The molecule has 0 saturated heterocycles. The Morgan fingerprint density at radius 1 is 1.24 bits per heavy atom. The zero-order valence-corrected chi connectivity index (χ0v) is 14.9. The van der Waals surface area contributed by atoms with Crippen LogP contribution in [-0.2, 0) is 18.6 Å². The zero-order chi connectivity index (χ0) is 17.4. The number of aromatic nitrogens is 2. The number of aryl methyl sites for hydroxylation is 2. The molecule has 6 nitrogen and oxygen atoms in total. The van der Waals surface area contributed by atoms with Crippen molar-refractivity contribution in [3.05, 3.63) is 60.7 Å². The fourth-order valence-corrected chi connectivity index (χ4v) is 5.21. The molecule has 25 heavy (non-hydrogen) atoms. The minimum atomic E-state index is -0.414. The summed E-state index contributed by atoms with van der Waals surface area (Å²) in [5.74, 6) is 0.595. The topological polar surface area (TPSA) is 88.9 Å². The van der Waals surface area contributed by atoms with E-state index < -0.39 is 4.92 Å². The Labute approximate surface area is 151 Å². The van der Waals surface area contributed by atoms with E-state index in [0.717, 1.165) is 35.0 Å². The molecule has 0 fully saturated rings. The predicted octanol–water partition coefficient (Wildman–Crippen LogP) is 4.06. The molecule has 8 heteroatoms. The molecule has 2 aromatic heterocycles. The largest absolute Gasteiger partial charge is 0.301 e. The highest BCUT2D eigenvalue weighted by Gasteiger charge is 2.19. The maximum Gasteiger partial charge on any atom is 0.269 e. The van der Waals surface area contributed by atoms with Crippen LogP contribution in [0, 0.1) is 10.1 Å². The summed E-state index contributed by atoms with van der Waals surface area (Å²) in [5, 5.41) is 12.0. The number of benzene rings is 1. The molecule has 0 amide bonds. The smallest absolute Gasteiger partial charge is 0.269 e. The molecule has 3 aromatic rings. The number of nitro benzene ring substituents is 1. The zero-order valence-electron chi connectivity index (χ0n) is 13.3. The average Bonchev–Trinajstić information content (AvgIpc) is 2.99. The number of non-ortho nitro benzene ring substituents is 1. The van der Waals surface area contributed by atoms with Crippen molar-refractivity contribution in [2.75, 3.05) is 0 Å². The molecule has 0 radical (unpaired) electrons. The third-order valence-electron chi connectivity index (χ3n) is 4.33. The Morgan fingerprint density at radius 2 is 2.00 bits per heavy atom. The summed E-state index contributed by atoms with van der Waals surface area (Å²) in [6.07, 6.45) is 4.32. The van der Waals surface area contributed by atoms with E-state index >= 15 is 0 Å². The van der Waals surface area contributed by atoms with Gasteiger partial charge in [-0.3, -0.25) is 14.9 Å². The van der Waals surface area contributed by atoms with E-state index in [2.05, 4.69) is 9.97 Å². The number of hydrogen-bond donors (Lipinski definition) is 1. The van der Waals surface area contributed by atoms with Crippen LogP contribution in [0.3, 0.4) is 0 Å². The molecule has 4 rings (SSSR count). The summed E-state index contributed by atoms with van der Waals surface area (Å²) in [7, 11) is 0. The van der Waals surface area contributed by atoms with Crippen LogP contribution < -0.4 is 5.56 Å². The number of nitrogens with zero attached hydrogens (tertiary/aromatic N) is 2. The summed E-state index contributed by atoms with van der Waals surface area (Å²) in [4.78, 5) is 32.4. The van der Waals surface area contributed by atoms with Crippen LogP contribution in [0.1, 0.15) is 28.8 Å². The van der Waals surface area contributed by atoms with Crippen molar-refractivity contribution in [3.63, 3.8) is 0 Å². The fraction of sp³-hybridized carbons (Fsp3) is 0.294. The first-order valence-electron chi connectivity index (χ1n) is 8.02. The van der Waals surface area contributed by atoms with Gasteiger partial charge in [0.15, 0.2) is 5.16 Å². The number of thiophene rings is 1. The van der Waals surface area contributed by atoms with Crippen LogP contribution >= 0.6 is 23.1 Å². The fourth-order valence-electron chi connectivity index (χ4n) is 3.08. The highest BCUT2D eigenvalue weighted by atomic mass is 32.2. The van der Waals surface area contributed by atoms with Crippen molar-refractivity contribution in [1.29, 1.82) is 0 Å². The quantitative estimate of drug-likeness (QED) is 0.322. The van der Waals surface area contributed by atoms with Crippen molar-refractivity contribution in [1.82, 2.24) is 9.97 Å². The van der Waals surface area contributed by atoms with Crippen molar-refractivity contribution in [2.24, 2.45) is 0 Å². The molecule has 128 valence electrons. The first-order valence-corrected chi connectivity index (χ1v) is 9.83. The van der Waals surface area contributed by atoms with E-state index in [1.54, 1.807) is 23.5 Å². The summed E-state index contributed by atoms with van der Waals surface area (Å²) >= 11 is 3.07. The maximum atomic E-state index is 12.5. The lowest BCUT2D eigenvalue weighted by Gasteiger charge is -2.09. The minimum Gasteiger partial charge on any atom is -0.301 e. The van der Waals surface area contributed by atoms with E-state index in [0.29, 0.717) is 10.9 Å². The Hall–Kier alpha value is -2.19. The molecule has 0 saturated carbocycles. The van der Waals surface area contributed by atoms with E-state index in [9.17, 15) is 14.9 Å². The molecule has 0 spiro atoms. The van der Waals surface area contributed by atoms with Gasteiger partial charge in [0.25, 0.3) is 11.2 Å². The lowest BCUT2D eigenvalue weighted by atomic mass is 9.97. The third kappa shape index (κ3) is 3.19. The number of aromatic amines is 1. The second-order valence-electron chi connectivity index (χ2n) is 5.97. The Morgan fingerprint density at radius 3 is 2.76 bits per heavy atom. The van der Waals surface area contributed by atoms with Gasteiger partial charge in [-0.1, -0.05) is 23.9 Å². The molecular formula is C17H15N3O3S2. The van der Waals surface area contributed by atoms with E-state index in [-0.39, 0.29) is 11.2 Å². The minimum absolute atomic E-state index is 0.0596. The number of H-pyrrole nitrogens is 1. The summed E-state index contributed by atoms with van der Waals surface area (Å²) in [6, 6.07) is 6.43. The first kappa shape index (κ1) is 16.3. The maximum absolute atomic E-state index is 12.5. The second kappa shape index (κ2) is 6.61. The SMILES string of the molecule is O=c1[nH]c(SCc2ccc([N+](=O)[O-])cc2)nc2sc3c(c12)CCCC3. The standard InChI is InChI=1S/C17H15N3O3S2/c21-15-14-12-3-1-2-4-13(12)25-16(14)19-17(18-15)24-9-10-5-7-11(8-6-10)20(22)23/h5-8H,1-4,9H2,(H,18,19,21). The lowest BCUT2D eigenvalue weighted by Crippen LogP contribution is -2.10. The Kier molecular flexibility index (Phi) is 4.30. The molecule has 0 atom stereocenters. The van der Waals surface area contributed by atoms with E-state index in [1.807, 2.05) is 0 Å². The number of rotatable bonds is 4. The lowest BCUT2D eigenvalue weighted by molar-refractivity contribution is -0.384. The van der Waals surface area contributed by atoms with Gasteiger partial charge in [0.2, 0.25) is 0 Å². The molecule has 1 aliphatic rings. The number of nitro groups is 1. The van der Waals surface area contributed by atoms with E-state index in [4.69, 9.17) is 0 Å². The van der Waals surface area contributed by atoms with E-state index in [1.165, 1.54) is 40.8 Å². The predicted molar refractivity (Wildman–Crippen MR) is 99.5 cm³/mol. The van der Waals surface area contributed by atoms with Gasteiger partial charge < -0.3 is 4.98 Å². The molecule has 0 bridgehead atoms. The highest BCUT2D eigenvalue weighted by molar-refractivity contribution is 7.98. The van der Waals surface area contributed by atoms with Gasteiger partial charge in [0, 0.05) is 22.8 Å². The summed E-state index contributed by atoms with van der Waals surface area (Å²) in [5.41, 5.74) is 2.15. The van der Waals surface area contributed by atoms with Gasteiger partial charge >= 0.3 is 0 Å². The molecule has 0 aliphatic heterocycles. The number of fused-ring (bicyclic) bond motifs is 3. The van der Waals surface area contributed by atoms with Crippen LogP contribution in [0.25, 0.3) is 10.2 Å². The monoisotopic (exact) mass is 373 g/mol. The van der Waals surface area contributed by atoms with Gasteiger partial charge in [0.1, 0.15) is 4.83 Å². The average molecular weight is 373 g/mol. The summed E-state index contributed by atoms with van der Waals surface area (Å²) < 4.78 is 0. The highest BCUT2D eigenvalue weighted by Crippen LogP contribution is 2.34. The first-order chi connectivity index (χ1) is 12.1. The number of thioether (sulfide) groups is 1. The van der Waals surface area contributed by atoms with Crippen molar-refractivity contribution in [3.8, 4) is 0 Å². The molecule has 1 aromatic carbocycles. The van der Waals surface area contributed by atoms with Crippen LogP contribution in [0.5, 0.6) is 0 Å². The molecular weight excluding hydrogens is 358 g/mol. The normalized spacial score (nSPS) is 13.8. The summed E-state index contributed by atoms with van der Waals surface area (Å²) in [6.45, 7) is 0. The molecule has 2 heterocycles. The van der Waals surface area contributed by atoms with Crippen molar-refractivity contribution >= 4 is 39.0 Å². The number of hydrogen-bond acceptors (Lipinski definition) is 6. The molecule has 1 N–H and O–H groups in total. The van der Waals surface area contributed by atoms with Crippen LogP contribution in [0.4, 0.5) is 5.69 Å². The second-order valence-corrected chi connectivity index (χ2v) is 8.02.